The predicted molar refractivity (Wildman–Crippen MR) is 157 cm³/mol. The van der Waals surface area contributed by atoms with E-state index in [1.807, 2.05) is 30.5 Å². The number of H-pyrrole nitrogens is 1. The minimum absolute atomic E-state index is 0.339. The van der Waals surface area contributed by atoms with Gasteiger partial charge < -0.3 is 24.5 Å². The SMILES string of the molecule is Oc1ccc(-c2ccc3c(c2)Oc2cc(-c4ccc5[nH]ccc5c4)ccc2N3CCN2CCOCC2)cc1C(F)(F)F. The summed E-state index contributed by atoms with van der Waals surface area (Å²) in [6, 6.07) is 23.4. The number of halogens is 3. The first-order chi connectivity index (χ1) is 20.3. The van der Waals surface area contributed by atoms with Gasteiger partial charge in [0, 0.05) is 37.9 Å². The molecule has 4 aromatic carbocycles. The number of aromatic nitrogens is 1. The lowest BCUT2D eigenvalue weighted by Crippen LogP contribution is -2.41. The molecule has 1 aromatic heterocycles. The van der Waals surface area contributed by atoms with Gasteiger partial charge >= 0.3 is 6.18 Å². The lowest BCUT2D eigenvalue weighted by Gasteiger charge is -2.35. The zero-order chi connectivity index (χ0) is 28.8. The van der Waals surface area contributed by atoms with Gasteiger partial charge in [0.05, 0.1) is 30.2 Å². The Balaban J connectivity index is 1.27. The third-order valence-corrected chi connectivity index (χ3v) is 7.99. The van der Waals surface area contributed by atoms with E-state index < -0.39 is 17.5 Å². The minimum Gasteiger partial charge on any atom is -0.507 e. The van der Waals surface area contributed by atoms with Crippen molar-refractivity contribution in [3.05, 3.63) is 90.6 Å². The summed E-state index contributed by atoms with van der Waals surface area (Å²) in [6.07, 6.45) is -2.75. The third kappa shape index (κ3) is 4.95. The highest BCUT2D eigenvalue weighted by Crippen LogP contribution is 2.49. The number of fused-ring (bicyclic) bond motifs is 3. The first kappa shape index (κ1) is 26.4. The van der Waals surface area contributed by atoms with Crippen molar-refractivity contribution in [1.29, 1.82) is 0 Å². The molecule has 0 aliphatic carbocycles. The number of benzene rings is 4. The van der Waals surface area contributed by atoms with Crippen LogP contribution >= 0.6 is 0 Å². The first-order valence-electron chi connectivity index (χ1n) is 13.9. The standard InChI is InChI=1S/C33H28F3N3O3/c34-33(35,36)26-18-22(4-8-30(26)40)24-3-7-29-32(20-24)42-31-19-23(21-1-5-27-25(17-21)9-10-37-27)2-6-28(31)39(29)12-11-38-13-15-41-16-14-38/h1-10,17-20,37,40H,11-16H2. The molecule has 7 rings (SSSR count). The molecule has 0 unspecified atom stereocenters. The molecule has 0 saturated carbocycles. The van der Waals surface area contributed by atoms with Crippen LogP contribution in [0, 0.1) is 0 Å². The van der Waals surface area contributed by atoms with Crippen LogP contribution in [-0.2, 0) is 10.9 Å². The van der Waals surface area contributed by atoms with Gasteiger partial charge in [0.15, 0.2) is 11.5 Å². The second-order valence-corrected chi connectivity index (χ2v) is 10.6. The van der Waals surface area contributed by atoms with E-state index in [0.717, 1.165) is 65.2 Å². The van der Waals surface area contributed by atoms with Gasteiger partial charge in [0.1, 0.15) is 5.75 Å². The summed E-state index contributed by atoms with van der Waals surface area (Å²) in [5.41, 5.74) is 4.71. The molecular formula is C33H28F3N3O3. The van der Waals surface area contributed by atoms with E-state index >= 15 is 0 Å². The van der Waals surface area contributed by atoms with Crippen molar-refractivity contribution in [2.24, 2.45) is 0 Å². The summed E-state index contributed by atoms with van der Waals surface area (Å²) in [7, 11) is 0. The van der Waals surface area contributed by atoms with Crippen molar-refractivity contribution in [3.8, 4) is 39.5 Å². The van der Waals surface area contributed by atoms with Gasteiger partial charge in [-0.15, -0.1) is 0 Å². The number of aromatic amines is 1. The number of hydrogen-bond acceptors (Lipinski definition) is 5. The van der Waals surface area contributed by atoms with E-state index in [0.29, 0.717) is 42.4 Å². The summed E-state index contributed by atoms with van der Waals surface area (Å²) in [4.78, 5) is 7.80. The van der Waals surface area contributed by atoms with Gasteiger partial charge in [-0.1, -0.05) is 24.3 Å². The quantitative estimate of drug-likeness (QED) is 0.225. The fourth-order valence-electron chi connectivity index (χ4n) is 5.73. The number of aromatic hydroxyl groups is 1. The molecule has 1 fully saturated rings. The highest BCUT2D eigenvalue weighted by atomic mass is 19.4. The Bertz CT molecular complexity index is 1780. The molecule has 2 N–H and O–H groups in total. The maximum atomic E-state index is 13.5. The van der Waals surface area contributed by atoms with Gasteiger partial charge in [0.2, 0.25) is 0 Å². The third-order valence-electron chi connectivity index (χ3n) is 7.99. The summed E-state index contributed by atoms with van der Waals surface area (Å²) in [5, 5.41) is 10.9. The van der Waals surface area contributed by atoms with Crippen molar-refractivity contribution in [2.45, 2.75) is 6.18 Å². The number of nitrogens with one attached hydrogen (secondary N) is 1. The van der Waals surface area contributed by atoms with E-state index in [1.165, 1.54) is 6.07 Å². The molecule has 6 nitrogen and oxygen atoms in total. The number of phenolic OH excluding ortho intramolecular Hbond substituents is 1. The normalized spacial score (nSPS) is 15.4. The van der Waals surface area contributed by atoms with E-state index in [-0.39, 0.29) is 0 Å². The summed E-state index contributed by atoms with van der Waals surface area (Å²) in [5.74, 6) is 0.436. The molecule has 0 bridgehead atoms. The number of nitrogens with zero attached hydrogens (tertiary/aromatic N) is 2. The van der Waals surface area contributed by atoms with Crippen LogP contribution in [0.3, 0.4) is 0 Å². The second-order valence-electron chi connectivity index (χ2n) is 10.6. The van der Waals surface area contributed by atoms with Crippen molar-refractivity contribution in [1.82, 2.24) is 9.88 Å². The Hall–Kier alpha value is -4.47. The molecule has 0 radical (unpaired) electrons. The number of anilines is 2. The highest BCUT2D eigenvalue weighted by molar-refractivity contribution is 5.87. The van der Waals surface area contributed by atoms with Gasteiger partial charge in [-0.25, -0.2) is 0 Å². The Morgan fingerprint density at radius 1 is 0.738 bits per heavy atom. The molecule has 5 aromatic rings. The van der Waals surface area contributed by atoms with Crippen LogP contribution in [0.1, 0.15) is 5.56 Å². The molecule has 2 aliphatic rings. The Labute approximate surface area is 240 Å². The molecular weight excluding hydrogens is 543 g/mol. The number of ether oxygens (including phenoxy) is 2. The van der Waals surface area contributed by atoms with Crippen molar-refractivity contribution in [2.75, 3.05) is 44.3 Å². The van der Waals surface area contributed by atoms with Gasteiger partial charge in [0.25, 0.3) is 0 Å². The Kier molecular flexibility index (Phi) is 6.56. The maximum Gasteiger partial charge on any atom is 0.419 e. The minimum atomic E-state index is -4.67. The largest absolute Gasteiger partial charge is 0.507 e. The molecule has 0 atom stereocenters. The van der Waals surface area contributed by atoms with Crippen LogP contribution in [0.25, 0.3) is 33.2 Å². The topological polar surface area (TPSA) is 61.0 Å². The van der Waals surface area contributed by atoms with Crippen LogP contribution in [0.5, 0.6) is 17.2 Å². The second kappa shape index (κ2) is 10.4. The summed E-state index contributed by atoms with van der Waals surface area (Å²) >= 11 is 0. The van der Waals surface area contributed by atoms with E-state index in [9.17, 15) is 18.3 Å². The zero-order valence-electron chi connectivity index (χ0n) is 22.6. The smallest absolute Gasteiger partial charge is 0.419 e. The lowest BCUT2D eigenvalue weighted by atomic mass is 9.99. The van der Waals surface area contributed by atoms with E-state index in [1.54, 1.807) is 12.1 Å². The monoisotopic (exact) mass is 571 g/mol. The van der Waals surface area contributed by atoms with Crippen LogP contribution in [0.15, 0.2) is 85.1 Å². The Morgan fingerprint density at radius 2 is 1.36 bits per heavy atom. The van der Waals surface area contributed by atoms with Crippen LogP contribution in [-0.4, -0.2) is 54.4 Å². The lowest BCUT2D eigenvalue weighted by molar-refractivity contribution is -0.138. The predicted octanol–water partition coefficient (Wildman–Crippen LogP) is 7.80. The van der Waals surface area contributed by atoms with Crippen molar-refractivity contribution >= 4 is 22.3 Å². The van der Waals surface area contributed by atoms with E-state index in [4.69, 9.17) is 9.47 Å². The number of morpholine rings is 1. The number of phenols is 1. The summed E-state index contributed by atoms with van der Waals surface area (Å²) < 4.78 is 52.5. The van der Waals surface area contributed by atoms with Crippen molar-refractivity contribution in [3.63, 3.8) is 0 Å². The average molecular weight is 572 g/mol. The van der Waals surface area contributed by atoms with Gasteiger partial charge in [-0.2, -0.15) is 13.2 Å². The molecule has 0 amide bonds. The molecule has 9 heteroatoms. The first-order valence-corrected chi connectivity index (χ1v) is 13.9. The molecule has 1 saturated heterocycles. The number of rotatable bonds is 5. The van der Waals surface area contributed by atoms with Crippen LogP contribution in [0.2, 0.25) is 0 Å². The zero-order valence-corrected chi connectivity index (χ0v) is 22.6. The van der Waals surface area contributed by atoms with Crippen molar-refractivity contribution < 1.29 is 27.8 Å². The summed E-state index contributed by atoms with van der Waals surface area (Å²) in [6.45, 7) is 4.68. The number of hydrogen-bond donors (Lipinski definition) is 2. The molecule has 2 aliphatic heterocycles. The maximum absolute atomic E-state index is 13.5. The highest BCUT2D eigenvalue weighted by Gasteiger charge is 2.34. The fourth-order valence-corrected chi connectivity index (χ4v) is 5.73. The average Bonchev–Trinajstić information content (AvgIpc) is 3.47. The molecule has 214 valence electrons. The fraction of sp³-hybridized carbons (Fsp3) is 0.212. The molecule has 3 heterocycles. The van der Waals surface area contributed by atoms with Crippen LogP contribution in [0.4, 0.5) is 24.5 Å². The van der Waals surface area contributed by atoms with Gasteiger partial charge in [-0.3, -0.25) is 4.90 Å². The van der Waals surface area contributed by atoms with Gasteiger partial charge in [-0.05, 0) is 82.2 Å². The van der Waals surface area contributed by atoms with Crippen LogP contribution < -0.4 is 9.64 Å². The molecule has 42 heavy (non-hydrogen) atoms. The number of alkyl halides is 3. The molecule has 0 spiro atoms. The van der Waals surface area contributed by atoms with E-state index in [2.05, 4.69) is 39.0 Å². The Morgan fingerprint density at radius 3 is 2.05 bits per heavy atom.